The van der Waals surface area contributed by atoms with Crippen LogP contribution in [0.15, 0.2) is 54.9 Å². The second-order valence-corrected chi connectivity index (χ2v) is 5.71. The SMILES string of the molecule is c1ccc2c(CNc3ccc4c(c3)CCC4)cncc2c1. The largest absolute Gasteiger partial charge is 0.381 e. The summed E-state index contributed by atoms with van der Waals surface area (Å²) in [4.78, 5) is 4.34. The summed E-state index contributed by atoms with van der Waals surface area (Å²) in [7, 11) is 0. The highest BCUT2D eigenvalue weighted by Gasteiger charge is 2.10. The zero-order valence-electron chi connectivity index (χ0n) is 12.0. The van der Waals surface area contributed by atoms with Gasteiger partial charge in [-0.1, -0.05) is 30.3 Å². The topological polar surface area (TPSA) is 24.9 Å². The molecule has 0 saturated carbocycles. The number of hydrogen-bond acceptors (Lipinski definition) is 2. The molecule has 1 aromatic heterocycles. The number of aromatic nitrogens is 1. The van der Waals surface area contributed by atoms with Crippen LogP contribution in [0, 0.1) is 0 Å². The Balaban J connectivity index is 1.58. The smallest absolute Gasteiger partial charge is 0.0422 e. The molecular weight excluding hydrogens is 256 g/mol. The maximum absolute atomic E-state index is 4.34. The van der Waals surface area contributed by atoms with E-state index in [-0.39, 0.29) is 0 Å². The predicted molar refractivity (Wildman–Crippen MR) is 87.5 cm³/mol. The van der Waals surface area contributed by atoms with Gasteiger partial charge < -0.3 is 5.32 Å². The minimum atomic E-state index is 0.813. The first kappa shape index (κ1) is 12.4. The molecule has 1 N–H and O–H groups in total. The highest BCUT2D eigenvalue weighted by atomic mass is 14.9. The number of pyridine rings is 1. The highest BCUT2D eigenvalue weighted by Crippen LogP contribution is 2.25. The maximum Gasteiger partial charge on any atom is 0.0422 e. The summed E-state index contributed by atoms with van der Waals surface area (Å²) in [6.45, 7) is 0.813. The van der Waals surface area contributed by atoms with Crippen LogP contribution in [0.25, 0.3) is 10.8 Å². The van der Waals surface area contributed by atoms with Crippen LogP contribution in [-0.2, 0) is 19.4 Å². The number of nitrogens with zero attached hydrogens (tertiary/aromatic N) is 1. The Morgan fingerprint density at radius 2 is 1.86 bits per heavy atom. The van der Waals surface area contributed by atoms with Crippen LogP contribution < -0.4 is 5.32 Å². The van der Waals surface area contributed by atoms with Crippen LogP contribution in [0.2, 0.25) is 0 Å². The van der Waals surface area contributed by atoms with Crippen molar-refractivity contribution in [2.75, 3.05) is 5.32 Å². The standard InChI is InChI=1S/C19H18N2/c1-2-7-19-16(4-1)11-20-12-17(19)13-21-18-9-8-14-5-3-6-15(14)10-18/h1-2,4,7-12,21H,3,5-6,13H2. The van der Waals surface area contributed by atoms with E-state index in [0.29, 0.717) is 0 Å². The Morgan fingerprint density at radius 3 is 2.86 bits per heavy atom. The van der Waals surface area contributed by atoms with Crippen LogP contribution >= 0.6 is 0 Å². The Bertz CT molecular complexity index is 787. The van der Waals surface area contributed by atoms with Gasteiger partial charge in [-0.3, -0.25) is 4.98 Å². The molecule has 1 aliphatic carbocycles. The molecular formula is C19H18N2. The second-order valence-electron chi connectivity index (χ2n) is 5.71. The molecule has 2 heteroatoms. The van der Waals surface area contributed by atoms with Gasteiger partial charge in [0.15, 0.2) is 0 Å². The molecule has 0 unspecified atom stereocenters. The highest BCUT2D eigenvalue weighted by molar-refractivity contribution is 5.84. The van der Waals surface area contributed by atoms with Gasteiger partial charge in [-0.15, -0.1) is 0 Å². The third-order valence-corrected chi connectivity index (χ3v) is 4.33. The van der Waals surface area contributed by atoms with E-state index in [1.54, 1.807) is 0 Å². The molecule has 2 nitrogen and oxygen atoms in total. The molecule has 0 bridgehead atoms. The van der Waals surface area contributed by atoms with Gasteiger partial charge in [-0.05, 0) is 53.5 Å². The van der Waals surface area contributed by atoms with Crippen LogP contribution in [0.5, 0.6) is 0 Å². The van der Waals surface area contributed by atoms with E-state index in [9.17, 15) is 0 Å². The van der Waals surface area contributed by atoms with Gasteiger partial charge in [0.05, 0.1) is 0 Å². The molecule has 0 radical (unpaired) electrons. The number of rotatable bonds is 3. The van der Waals surface area contributed by atoms with Gasteiger partial charge in [-0.25, -0.2) is 0 Å². The average Bonchev–Trinajstić information content (AvgIpc) is 3.00. The third kappa shape index (κ3) is 2.38. The minimum absolute atomic E-state index is 0.813. The van der Waals surface area contributed by atoms with Crippen molar-refractivity contribution in [2.45, 2.75) is 25.8 Å². The van der Waals surface area contributed by atoms with Crippen molar-refractivity contribution in [3.05, 3.63) is 71.5 Å². The van der Waals surface area contributed by atoms with E-state index in [1.165, 1.54) is 52.4 Å². The normalized spacial score (nSPS) is 13.3. The monoisotopic (exact) mass is 274 g/mol. The van der Waals surface area contributed by atoms with E-state index >= 15 is 0 Å². The molecule has 0 saturated heterocycles. The molecule has 0 spiro atoms. The van der Waals surface area contributed by atoms with E-state index in [1.807, 2.05) is 12.4 Å². The Morgan fingerprint density at radius 1 is 0.952 bits per heavy atom. The average molecular weight is 274 g/mol. The van der Waals surface area contributed by atoms with Gasteiger partial charge in [0.25, 0.3) is 0 Å². The maximum atomic E-state index is 4.34. The Labute approximate surface area is 124 Å². The van der Waals surface area contributed by atoms with Crippen LogP contribution in [0.3, 0.4) is 0 Å². The molecule has 0 amide bonds. The summed E-state index contributed by atoms with van der Waals surface area (Å²) >= 11 is 0. The van der Waals surface area contributed by atoms with Gasteiger partial charge in [0.2, 0.25) is 0 Å². The molecule has 0 fully saturated rings. The number of hydrogen-bond donors (Lipinski definition) is 1. The number of aryl methyl sites for hydroxylation is 2. The number of anilines is 1. The summed E-state index contributed by atoms with van der Waals surface area (Å²) in [6, 6.07) is 15.2. The van der Waals surface area contributed by atoms with Crippen molar-refractivity contribution in [1.82, 2.24) is 4.98 Å². The number of benzene rings is 2. The van der Waals surface area contributed by atoms with Gasteiger partial charge in [-0.2, -0.15) is 0 Å². The Kier molecular flexibility index (Phi) is 3.07. The van der Waals surface area contributed by atoms with E-state index in [4.69, 9.17) is 0 Å². The molecule has 1 aliphatic rings. The lowest BCUT2D eigenvalue weighted by atomic mass is 10.1. The summed E-state index contributed by atoms with van der Waals surface area (Å²) < 4.78 is 0. The molecule has 0 aliphatic heterocycles. The molecule has 21 heavy (non-hydrogen) atoms. The van der Waals surface area contributed by atoms with Crippen molar-refractivity contribution in [2.24, 2.45) is 0 Å². The lowest BCUT2D eigenvalue weighted by Gasteiger charge is -2.10. The van der Waals surface area contributed by atoms with E-state index in [2.05, 4.69) is 52.8 Å². The van der Waals surface area contributed by atoms with Crippen molar-refractivity contribution < 1.29 is 0 Å². The van der Waals surface area contributed by atoms with E-state index < -0.39 is 0 Å². The number of nitrogens with one attached hydrogen (secondary N) is 1. The van der Waals surface area contributed by atoms with Crippen molar-refractivity contribution in [3.8, 4) is 0 Å². The molecule has 4 rings (SSSR count). The van der Waals surface area contributed by atoms with Gasteiger partial charge >= 0.3 is 0 Å². The lowest BCUT2D eigenvalue weighted by Crippen LogP contribution is -2.01. The summed E-state index contributed by atoms with van der Waals surface area (Å²) in [5, 5.41) is 6.02. The number of fused-ring (bicyclic) bond motifs is 2. The van der Waals surface area contributed by atoms with Crippen LogP contribution in [0.1, 0.15) is 23.1 Å². The first-order valence-electron chi connectivity index (χ1n) is 7.57. The second kappa shape index (κ2) is 5.21. The van der Waals surface area contributed by atoms with Crippen molar-refractivity contribution in [3.63, 3.8) is 0 Å². The quantitative estimate of drug-likeness (QED) is 0.768. The molecule has 0 atom stereocenters. The van der Waals surface area contributed by atoms with Crippen LogP contribution in [-0.4, -0.2) is 4.98 Å². The fourth-order valence-corrected chi connectivity index (χ4v) is 3.20. The molecule has 3 aromatic rings. The third-order valence-electron chi connectivity index (χ3n) is 4.33. The predicted octanol–water partition coefficient (Wildman–Crippen LogP) is 4.34. The zero-order chi connectivity index (χ0) is 14.1. The lowest BCUT2D eigenvalue weighted by molar-refractivity contribution is 0.912. The van der Waals surface area contributed by atoms with Crippen LogP contribution in [0.4, 0.5) is 5.69 Å². The first-order valence-corrected chi connectivity index (χ1v) is 7.57. The molecule has 1 heterocycles. The van der Waals surface area contributed by atoms with Crippen molar-refractivity contribution >= 4 is 16.5 Å². The molecule has 104 valence electrons. The Hall–Kier alpha value is -2.35. The van der Waals surface area contributed by atoms with Crippen molar-refractivity contribution in [1.29, 1.82) is 0 Å². The van der Waals surface area contributed by atoms with E-state index in [0.717, 1.165) is 6.54 Å². The molecule has 2 aromatic carbocycles. The minimum Gasteiger partial charge on any atom is -0.381 e. The van der Waals surface area contributed by atoms with Gasteiger partial charge in [0.1, 0.15) is 0 Å². The fraction of sp³-hybridized carbons (Fsp3) is 0.211. The fourth-order valence-electron chi connectivity index (χ4n) is 3.20. The summed E-state index contributed by atoms with van der Waals surface area (Å²) in [5.74, 6) is 0. The first-order chi connectivity index (χ1) is 10.4. The summed E-state index contributed by atoms with van der Waals surface area (Å²) in [5.41, 5.74) is 5.49. The summed E-state index contributed by atoms with van der Waals surface area (Å²) in [6.07, 6.45) is 7.65. The zero-order valence-corrected chi connectivity index (χ0v) is 12.0. The van der Waals surface area contributed by atoms with Gasteiger partial charge in [0, 0.05) is 30.0 Å².